The smallest absolute Gasteiger partial charge is 0.341 e. The van der Waals surface area contributed by atoms with Gasteiger partial charge in [0.15, 0.2) is 0 Å². The number of rotatable bonds is 5. The minimum Gasteiger partial charge on any atom is -0.345 e. The summed E-state index contributed by atoms with van der Waals surface area (Å²) in [5, 5.41) is 3.22. The number of hydrogen-bond acceptors (Lipinski definition) is 3. The van der Waals surface area contributed by atoms with Gasteiger partial charge in [-0.2, -0.15) is 8.78 Å². The molecule has 2 aromatic rings. The van der Waals surface area contributed by atoms with E-state index in [0.29, 0.717) is 5.02 Å². The molecule has 0 saturated carbocycles. The maximum atomic E-state index is 12.5. The Morgan fingerprint density at radius 1 is 1.08 bits per heavy atom. The molecule has 1 N–H and O–H groups in total. The van der Waals surface area contributed by atoms with Crippen molar-refractivity contribution in [2.24, 2.45) is 0 Å². The summed E-state index contributed by atoms with van der Waals surface area (Å²) >= 11 is 6.06. The second-order valence-corrected chi connectivity index (χ2v) is 7.37. The third-order valence-corrected chi connectivity index (χ3v) is 5.14. The highest BCUT2D eigenvalue weighted by molar-refractivity contribution is 7.91. The Morgan fingerprint density at radius 2 is 1.67 bits per heavy atom. The highest BCUT2D eigenvalue weighted by atomic mass is 35.5. The lowest BCUT2D eigenvalue weighted by molar-refractivity contribution is 0.0940. The second kappa shape index (κ2) is 7.27. The van der Waals surface area contributed by atoms with Gasteiger partial charge in [0.2, 0.25) is 9.84 Å². The summed E-state index contributed by atoms with van der Waals surface area (Å²) in [5.74, 6) is -3.97. The van der Waals surface area contributed by atoms with Crippen LogP contribution in [0, 0.1) is 0 Å². The zero-order valence-electron chi connectivity index (χ0n) is 12.5. The molecule has 4 nitrogen and oxygen atoms in total. The van der Waals surface area contributed by atoms with Gasteiger partial charge in [-0.15, -0.1) is 0 Å². The second-order valence-electron chi connectivity index (χ2n) is 5.05. The molecule has 1 atom stereocenters. The van der Waals surface area contributed by atoms with E-state index in [-0.39, 0.29) is 11.6 Å². The van der Waals surface area contributed by atoms with Gasteiger partial charge in [-0.05, 0) is 42.8 Å². The molecule has 128 valence electrons. The van der Waals surface area contributed by atoms with Crippen molar-refractivity contribution >= 4 is 27.3 Å². The lowest BCUT2D eigenvalue weighted by Crippen LogP contribution is -2.26. The molecule has 0 aliphatic heterocycles. The molecule has 0 heterocycles. The summed E-state index contributed by atoms with van der Waals surface area (Å²) in [7, 11) is -4.67. The molecular formula is C16H14ClF2NO3S. The van der Waals surface area contributed by atoms with Gasteiger partial charge in [0, 0.05) is 10.6 Å². The van der Waals surface area contributed by atoms with Crippen LogP contribution in [-0.4, -0.2) is 20.1 Å². The first-order valence-electron chi connectivity index (χ1n) is 6.91. The number of sulfone groups is 1. The summed E-state index contributed by atoms with van der Waals surface area (Å²) < 4.78 is 47.6. The zero-order chi connectivity index (χ0) is 17.9. The molecule has 1 amide bonds. The number of alkyl halides is 2. The first-order valence-corrected chi connectivity index (χ1v) is 8.83. The summed E-state index contributed by atoms with van der Waals surface area (Å²) in [4.78, 5) is 11.6. The van der Waals surface area contributed by atoms with Crippen molar-refractivity contribution in [3.63, 3.8) is 0 Å². The Morgan fingerprint density at radius 3 is 2.21 bits per heavy atom. The Kier molecular flexibility index (Phi) is 5.56. The third kappa shape index (κ3) is 3.91. The van der Waals surface area contributed by atoms with Crippen LogP contribution in [0.15, 0.2) is 53.4 Å². The SMILES string of the molecule is C[C@H](NC(=O)c1ccc(S(=O)(=O)C(F)F)cc1)c1ccccc1Cl. The van der Waals surface area contributed by atoms with E-state index in [0.717, 1.165) is 17.7 Å². The number of nitrogens with one attached hydrogen (secondary N) is 1. The summed E-state index contributed by atoms with van der Waals surface area (Å²) in [5.41, 5.74) is 0.881. The molecule has 0 aliphatic rings. The van der Waals surface area contributed by atoms with Crippen molar-refractivity contribution in [1.29, 1.82) is 0 Å². The first kappa shape index (κ1) is 18.4. The fraction of sp³-hybridized carbons (Fsp3) is 0.188. The van der Waals surface area contributed by atoms with E-state index >= 15 is 0 Å². The van der Waals surface area contributed by atoms with Gasteiger partial charge >= 0.3 is 5.76 Å². The van der Waals surface area contributed by atoms with Crippen molar-refractivity contribution in [3.05, 3.63) is 64.7 Å². The van der Waals surface area contributed by atoms with Crippen molar-refractivity contribution < 1.29 is 22.0 Å². The predicted molar refractivity (Wildman–Crippen MR) is 87.0 cm³/mol. The van der Waals surface area contributed by atoms with E-state index in [9.17, 15) is 22.0 Å². The monoisotopic (exact) mass is 373 g/mol. The van der Waals surface area contributed by atoms with E-state index in [1.165, 1.54) is 12.1 Å². The van der Waals surface area contributed by atoms with E-state index < -0.39 is 26.4 Å². The molecule has 2 aromatic carbocycles. The van der Waals surface area contributed by atoms with Crippen LogP contribution in [0.5, 0.6) is 0 Å². The van der Waals surface area contributed by atoms with Gasteiger partial charge in [-0.25, -0.2) is 8.42 Å². The van der Waals surface area contributed by atoms with Crippen LogP contribution in [0.1, 0.15) is 28.9 Å². The van der Waals surface area contributed by atoms with Crippen LogP contribution in [0.3, 0.4) is 0 Å². The number of benzene rings is 2. The van der Waals surface area contributed by atoms with Crippen molar-refractivity contribution in [2.45, 2.75) is 23.6 Å². The molecule has 0 aliphatic carbocycles. The molecule has 0 aromatic heterocycles. The number of halogens is 3. The van der Waals surface area contributed by atoms with Crippen LogP contribution < -0.4 is 5.32 Å². The molecule has 2 rings (SSSR count). The van der Waals surface area contributed by atoms with Crippen molar-refractivity contribution in [3.8, 4) is 0 Å². The minimum absolute atomic E-state index is 0.155. The van der Waals surface area contributed by atoms with E-state index in [1.54, 1.807) is 31.2 Å². The largest absolute Gasteiger partial charge is 0.345 e. The summed E-state index contributed by atoms with van der Waals surface area (Å²) in [6.07, 6.45) is 0. The highest BCUT2D eigenvalue weighted by Crippen LogP contribution is 2.23. The molecular weight excluding hydrogens is 360 g/mol. The van der Waals surface area contributed by atoms with E-state index in [1.807, 2.05) is 0 Å². The Bertz CT molecular complexity index is 839. The van der Waals surface area contributed by atoms with Crippen LogP contribution >= 0.6 is 11.6 Å². The van der Waals surface area contributed by atoms with Crippen molar-refractivity contribution in [1.82, 2.24) is 5.32 Å². The quantitative estimate of drug-likeness (QED) is 0.866. The molecule has 8 heteroatoms. The standard InChI is InChI=1S/C16H14ClF2NO3S/c1-10(13-4-2-3-5-14(13)17)20-15(21)11-6-8-12(9-7-11)24(22,23)16(18)19/h2-10,16H,1H3,(H,20,21)/t10-/m0/s1. The number of carbonyl (C=O) groups excluding carboxylic acids is 1. The highest BCUT2D eigenvalue weighted by Gasteiger charge is 2.26. The lowest BCUT2D eigenvalue weighted by atomic mass is 10.1. The zero-order valence-corrected chi connectivity index (χ0v) is 14.1. The van der Waals surface area contributed by atoms with Gasteiger partial charge in [0.1, 0.15) is 0 Å². The molecule has 0 saturated heterocycles. The Balaban J connectivity index is 2.15. The Labute approximate surface area is 143 Å². The van der Waals surface area contributed by atoms with Gasteiger partial charge in [0.05, 0.1) is 10.9 Å². The molecule has 0 spiro atoms. The Hall–Kier alpha value is -1.99. The third-order valence-electron chi connectivity index (χ3n) is 3.40. The molecule has 0 fully saturated rings. The fourth-order valence-corrected chi connectivity index (χ4v) is 3.10. The maximum absolute atomic E-state index is 12.5. The normalized spacial score (nSPS) is 12.9. The number of amides is 1. The number of hydrogen-bond donors (Lipinski definition) is 1. The average molecular weight is 374 g/mol. The fourth-order valence-electron chi connectivity index (χ4n) is 2.08. The lowest BCUT2D eigenvalue weighted by Gasteiger charge is -2.16. The summed E-state index contributed by atoms with van der Waals surface area (Å²) in [6.45, 7) is 1.74. The number of carbonyl (C=O) groups is 1. The average Bonchev–Trinajstić information content (AvgIpc) is 2.55. The van der Waals surface area contributed by atoms with Crippen LogP contribution in [0.4, 0.5) is 8.78 Å². The maximum Gasteiger partial charge on any atom is 0.341 e. The van der Waals surface area contributed by atoms with Gasteiger partial charge in [0.25, 0.3) is 5.91 Å². The first-order chi connectivity index (χ1) is 11.2. The van der Waals surface area contributed by atoms with E-state index in [2.05, 4.69) is 5.32 Å². The van der Waals surface area contributed by atoms with Gasteiger partial charge in [-0.3, -0.25) is 4.79 Å². The molecule has 0 radical (unpaired) electrons. The van der Waals surface area contributed by atoms with Crippen LogP contribution in [0.2, 0.25) is 5.02 Å². The molecule has 0 bridgehead atoms. The van der Waals surface area contributed by atoms with Crippen LogP contribution in [-0.2, 0) is 9.84 Å². The van der Waals surface area contributed by atoms with Crippen molar-refractivity contribution in [2.75, 3.05) is 0 Å². The summed E-state index contributed by atoms with van der Waals surface area (Å²) in [6, 6.07) is 11.0. The van der Waals surface area contributed by atoms with Crippen LogP contribution in [0.25, 0.3) is 0 Å². The van der Waals surface area contributed by atoms with E-state index in [4.69, 9.17) is 11.6 Å². The van der Waals surface area contributed by atoms with Gasteiger partial charge in [-0.1, -0.05) is 29.8 Å². The minimum atomic E-state index is -4.67. The van der Waals surface area contributed by atoms with Gasteiger partial charge < -0.3 is 5.32 Å². The topological polar surface area (TPSA) is 63.2 Å². The molecule has 24 heavy (non-hydrogen) atoms. The predicted octanol–water partition coefficient (Wildman–Crippen LogP) is 3.83. The molecule has 0 unspecified atom stereocenters.